The average Bonchev–Trinajstić information content (AvgIpc) is 3.39. The molecule has 2 atom stereocenters. The molecule has 2 heterocycles. The van der Waals surface area contributed by atoms with Crippen molar-refractivity contribution < 1.29 is 14.0 Å². The van der Waals surface area contributed by atoms with Crippen LogP contribution >= 0.6 is 11.6 Å². The number of aromatic nitrogens is 2. The summed E-state index contributed by atoms with van der Waals surface area (Å²) < 4.78 is 16.5. The lowest BCUT2D eigenvalue weighted by atomic mass is 10.2. The van der Waals surface area contributed by atoms with Gasteiger partial charge in [-0.15, -0.1) is 0 Å². The fourth-order valence-corrected chi connectivity index (χ4v) is 2.98. The first-order chi connectivity index (χ1) is 14.1. The van der Waals surface area contributed by atoms with Gasteiger partial charge in [0.1, 0.15) is 0 Å². The van der Waals surface area contributed by atoms with Gasteiger partial charge in [-0.3, -0.25) is 4.99 Å². The van der Waals surface area contributed by atoms with Gasteiger partial charge in [-0.05, 0) is 44.5 Å². The van der Waals surface area contributed by atoms with Crippen LogP contribution in [0.25, 0.3) is 11.4 Å². The number of benzene rings is 1. The minimum absolute atomic E-state index is 0.133. The van der Waals surface area contributed by atoms with E-state index >= 15 is 0 Å². The van der Waals surface area contributed by atoms with Gasteiger partial charge in [-0.2, -0.15) is 4.98 Å². The zero-order chi connectivity index (χ0) is 20.5. The van der Waals surface area contributed by atoms with Crippen molar-refractivity contribution in [2.45, 2.75) is 38.8 Å². The van der Waals surface area contributed by atoms with Crippen LogP contribution in [0.2, 0.25) is 5.02 Å². The van der Waals surface area contributed by atoms with Crippen LogP contribution in [0, 0.1) is 0 Å². The molecule has 1 aliphatic heterocycles. The minimum atomic E-state index is 0.133. The van der Waals surface area contributed by atoms with Crippen molar-refractivity contribution in [2.24, 2.45) is 4.99 Å². The lowest BCUT2D eigenvalue weighted by Crippen LogP contribution is -2.44. The fourth-order valence-electron chi connectivity index (χ4n) is 2.86. The molecule has 0 aliphatic carbocycles. The van der Waals surface area contributed by atoms with E-state index in [0.717, 1.165) is 31.1 Å². The van der Waals surface area contributed by atoms with E-state index in [2.05, 4.69) is 32.7 Å². The molecular weight excluding hydrogens is 394 g/mol. The second kappa shape index (κ2) is 11.1. The molecule has 9 heteroatoms. The second-order valence-electron chi connectivity index (χ2n) is 6.89. The number of nitrogens with zero attached hydrogens (tertiary/aromatic N) is 3. The van der Waals surface area contributed by atoms with Gasteiger partial charge in [-0.1, -0.05) is 16.8 Å². The lowest BCUT2D eigenvalue weighted by Gasteiger charge is -2.19. The Morgan fingerprint density at radius 2 is 2.21 bits per heavy atom. The number of halogens is 1. The summed E-state index contributed by atoms with van der Waals surface area (Å²) in [5.74, 6) is 1.84. The van der Waals surface area contributed by atoms with Gasteiger partial charge in [0, 0.05) is 36.2 Å². The summed E-state index contributed by atoms with van der Waals surface area (Å²) in [6.07, 6.45) is 1.72. The molecule has 29 heavy (non-hydrogen) atoms. The Kier molecular flexibility index (Phi) is 8.27. The van der Waals surface area contributed by atoms with Crippen molar-refractivity contribution in [3.63, 3.8) is 0 Å². The molecule has 1 fully saturated rings. The van der Waals surface area contributed by atoms with Crippen molar-refractivity contribution in [2.75, 3.05) is 32.9 Å². The quantitative estimate of drug-likeness (QED) is 0.474. The molecule has 2 N–H and O–H groups in total. The van der Waals surface area contributed by atoms with Crippen LogP contribution in [0.5, 0.6) is 0 Å². The monoisotopic (exact) mass is 421 g/mol. The summed E-state index contributed by atoms with van der Waals surface area (Å²) in [6, 6.07) is 7.47. The van der Waals surface area contributed by atoms with Gasteiger partial charge in [0.25, 0.3) is 0 Å². The summed E-state index contributed by atoms with van der Waals surface area (Å²) >= 11 is 5.91. The SMILES string of the molecule is CCNC(=NCCc1nc(-c2ccc(Cl)cc2)no1)NC(C)COC1CCOC1. The fraction of sp³-hybridized carbons (Fsp3) is 0.550. The molecule has 0 bridgehead atoms. The van der Waals surface area contributed by atoms with Gasteiger partial charge in [0.15, 0.2) is 5.96 Å². The number of rotatable bonds is 9. The van der Waals surface area contributed by atoms with Crippen molar-refractivity contribution in [3.8, 4) is 11.4 Å². The summed E-state index contributed by atoms with van der Waals surface area (Å²) in [4.78, 5) is 9.02. The molecule has 158 valence electrons. The summed E-state index contributed by atoms with van der Waals surface area (Å²) in [6.45, 7) is 7.48. The van der Waals surface area contributed by atoms with Crippen molar-refractivity contribution in [1.82, 2.24) is 20.8 Å². The summed E-state index contributed by atoms with van der Waals surface area (Å²) in [5.41, 5.74) is 0.865. The predicted octanol–water partition coefficient (Wildman–Crippen LogP) is 2.68. The van der Waals surface area contributed by atoms with Crippen LogP contribution < -0.4 is 10.6 Å². The maximum Gasteiger partial charge on any atom is 0.228 e. The van der Waals surface area contributed by atoms with E-state index in [0.29, 0.717) is 42.9 Å². The predicted molar refractivity (Wildman–Crippen MR) is 112 cm³/mol. The third kappa shape index (κ3) is 6.99. The molecule has 2 aromatic rings. The van der Waals surface area contributed by atoms with Crippen LogP contribution in [0.1, 0.15) is 26.2 Å². The van der Waals surface area contributed by atoms with Crippen molar-refractivity contribution >= 4 is 17.6 Å². The van der Waals surface area contributed by atoms with Crippen LogP contribution in [0.4, 0.5) is 0 Å². The molecule has 3 rings (SSSR count). The third-order valence-corrected chi connectivity index (χ3v) is 4.62. The van der Waals surface area contributed by atoms with Crippen LogP contribution in [0.15, 0.2) is 33.8 Å². The Labute approximate surface area is 176 Å². The smallest absolute Gasteiger partial charge is 0.228 e. The van der Waals surface area contributed by atoms with E-state index in [-0.39, 0.29) is 12.1 Å². The third-order valence-electron chi connectivity index (χ3n) is 4.36. The van der Waals surface area contributed by atoms with E-state index in [1.165, 1.54) is 0 Å². The second-order valence-corrected chi connectivity index (χ2v) is 7.33. The number of guanidine groups is 1. The van der Waals surface area contributed by atoms with Gasteiger partial charge >= 0.3 is 0 Å². The van der Waals surface area contributed by atoms with E-state index < -0.39 is 0 Å². The molecule has 1 aliphatic rings. The van der Waals surface area contributed by atoms with Crippen LogP contribution in [-0.2, 0) is 15.9 Å². The van der Waals surface area contributed by atoms with E-state index in [1.807, 2.05) is 19.1 Å². The maximum atomic E-state index is 5.91. The number of hydrogen-bond acceptors (Lipinski definition) is 6. The molecule has 1 saturated heterocycles. The van der Waals surface area contributed by atoms with Crippen molar-refractivity contribution in [3.05, 3.63) is 35.2 Å². The Hall–Kier alpha value is -2.16. The molecule has 0 amide bonds. The maximum absolute atomic E-state index is 5.91. The first kappa shape index (κ1) is 21.5. The van der Waals surface area contributed by atoms with Crippen molar-refractivity contribution in [1.29, 1.82) is 0 Å². The molecule has 2 unspecified atom stereocenters. The molecular formula is C20H28ClN5O3. The molecule has 8 nitrogen and oxygen atoms in total. The van der Waals surface area contributed by atoms with Gasteiger partial charge in [0.05, 0.1) is 25.9 Å². The average molecular weight is 422 g/mol. The number of aliphatic imine (C=N–C) groups is 1. The van der Waals surface area contributed by atoms with E-state index in [4.69, 9.17) is 25.6 Å². The van der Waals surface area contributed by atoms with Gasteiger partial charge < -0.3 is 24.6 Å². The first-order valence-electron chi connectivity index (χ1n) is 9.96. The first-order valence-corrected chi connectivity index (χ1v) is 10.3. The molecule has 0 radical (unpaired) electrons. The van der Waals surface area contributed by atoms with E-state index in [9.17, 15) is 0 Å². The zero-order valence-electron chi connectivity index (χ0n) is 16.9. The highest BCUT2D eigenvalue weighted by Gasteiger charge is 2.17. The Morgan fingerprint density at radius 1 is 1.38 bits per heavy atom. The standard InChI is InChI=1S/C20H28ClN5O3/c1-3-22-20(24-14(2)12-28-17-9-11-27-13-17)23-10-8-18-25-19(26-29-18)15-4-6-16(21)7-5-15/h4-7,14,17H,3,8-13H2,1-2H3,(H2,22,23,24). The largest absolute Gasteiger partial charge is 0.379 e. The van der Waals surface area contributed by atoms with Gasteiger partial charge in [0.2, 0.25) is 11.7 Å². The molecule has 0 spiro atoms. The summed E-state index contributed by atoms with van der Waals surface area (Å²) in [5, 5.41) is 11.3. The Morgan fingerprint density at radius 3 is 2.93 bits per heavy atom. The minimum Gasteiger partial charge on any atom is -0.379 e. The molecule has 1 aromatic heterocycles. The molecule has 0 saturated carbocycles. The highest BCUT2D eigenvalue weighted by molar-refractivity contribution is 6.30. The van der Waals surface area contributed by atoms with E-state index in [1.54, 1.807) is 12.1 Å². The normalized spacial score (nSPS) is 18.0. The van der Waals surface area contributed by atoms with Crippen LogP contribution in [-0.4, -0.2) is 61.2 Å². The highest BCUT2D eigenvalue weighted by Crippen LogP contribution is 2.18. The number of hydrogen-bond donors (Lipinski definition) is 2. The molecule has 1 aromatic carbocycles. The number of ether oxygens (including phenoxy) is 2. The zero-order valence-corrected chi connectivity index (χ0v) is 17.6. The van der Waals surface area contributed by atoms with Gasteiger partial charge in [-0.25, -0.2) is 0 Å². The Bertz CT molecular complexity index is 775. The topological polar surface area (TPSA) is 93.8 Å². The number of nitrogens with one attached hydrogen (secondary N) is 2. The highest BCUT2D eigenvalue weighted by atomic mass is 35.5. The van der Waals surface area contributed by atoms with Crippen LogP contribution in [0.3, 0.4) is 0 Å². The summed E-state index contributed by atoms with van der Waals surface area (Å²) in [7, 11) is 0. The Balaban J connectivity index is 1.47. The lowest BCUT2D eigenvalue weighted by molar-refractivity contribution is 0.0347.